The molecule has 0 saturated carbocycles. The Morgan fingerprint density at radius 1 is 1.05 bits per heavy atom. The Morgan fingerprint density at radius 2 is 1.84 bits per heavy atom. The fourth-order valence-corrected chi connectivity index (χ4v) is 2.04. The van der Waals surface area contributed by atoms with Crippen LogP contribution >= 0.6 is 15.9 Å². The number of ether oxygens (including phenoxy) is 2. The van der Waals surface area contributed by atoms with Gasteiger partial charge in [-0.2, -0.15) is 0 Å². The van der Waals surface area contributed by atoms with Crippen LogP contribution in [0.5, 0.6) is 5.75 Å². The smallest absolute Gasteiger partial charge is 0.189 e. The predicted molar refractivity (Wildman–Crippen MR) is 76.3 cm³/mol. The van der Waals surface area contributed by atoms with Crippen molar-refractivity contribution < 1.29 is 14.3 Å². The maximum absolute atomic E-state index is 10.8. The van der Waals surface area contributed by atoms with Crippen molar-refractivity contribution >= 4 is 22.2 Å². The zero-order valence-corrected chi connectivity index (χ0v) is 11.8. The highest BCUT2D eigenvalue weighted by Crippen LogP contribution is 2.27. The predicted octanol–water partition coefficient (Wildman–Crippen LogP) is 3.81. The van der Waals surface area contributed by atoms with Crippen LogP contribution in [-0.4, -0.2) is 13.1 Å². The highest BCUT2D eigenvalue weighted by atomic mass is 79.9. The summed E-state index contributed by atoms with van der Waals surface area (Å²) in [6.45, 7) is 0.627. The molecule has 0 saturated heterocycles. The number of aldehydes is 1. The fraction of sp³-hybridized carbons (Fsp3) is 0.133. The van der Waals surface area contributed by atoms with Crippen molar-refractivity contribution in [2.45, 2.75) is 6.61 Å². The van der Waals surface area contributed by atoms with E-state index in [4.69, 9.17) is 9.47 Å². The molecule has 0 aliphatic heterocycles. The zero-order chi connectivity index (χ0) is 13.5. The maximum atomic E-state index is 10.8. The zero-order valence-electron chi connectivity index (χ0n) is 10.2. The van der Waals surface area contributed by atoms with Gasteiger partial charge in [-0.15, -0.1) is 0 Å². The Balaban J connectivity index is 1.85. The van der Waals surface area contributed by atoms with Gasteiger partial charge in [-0.25, -0.2) is 0 Å². The summed E-state index contributed by atoms with van der Waals surface area (Å²) in [5, 5.41) is 0. The van der Waals surface area contributed by atoms with Crippen LogP contribution in [0.3, 0.4) is 0 Å². The van der Waals surface area contributed by atoms with Gasteiger partial charge in [0, 0.05) is 5.56 Å². The minimum atomic E-state index is 0.135. The Morgan fingerprint density at radius 3 is 2.58 bits per heavy atom. The van der Waals surface area contributed by atoms with E-state index >= 15 is 0 Å². The van der Waals surface area contributed by atoms with Gasteiger partial charge in [0.1, 0.15) is 5.75 Å². The van der Waals surface area contributed by atoms with Crippen molar-refractivity contribution in [3.05, 3.63) is 64.1 Å². The molecule has 98 valence electrons. The Kier molecular flexibility index (Phi) is 5.12. The monoisotopic (exact) mass is 320 g/mol. The van der Waals surface area contributed by atoms with E-state index in [1.165, 1.54) is 0 Å². The van der Waals surface area contributed by atoms with Gasteiger partial charge in [0.05, 0.1) is 11.1 Å². The third-order valence-corrected chi connectivity index (χ3v) is 3.38. The first-order valence-electron chi connectivity index (χ1n) is 5.79. The standard InChI is InChI=1S/C15H13BrO3/c16-15-13(9-17)7-4-8-14(15)19-11-18-10-12-5-2-1-3-6-12/h1-9H,10-11H2. The van der Waals surface area contributed by atoms with E-state index in [0.29, 0.717) is 22.4 Å². The van der Waals surface area contributed by atoms with Gasteiger partial charge >= 0.3 is 0 Å². The molecule has 0 amide bonds. The van der Waals surface area contributed by atoms with Crippen molar-refractivity contribution in [1.29, 1.82) is 0 Å². The van der Waals surface area contributed by atoms with Gasteiger partial charge in [-0.3, -0.25) is 4.79 Å². The summed E-state index contributed by atoms with van der Waals surface area (Å²) in [7, 11) is 0. The number of hydrogen-bond donors (Lipinski definition) is 0. The van der Waals surface area contributed by atoms with Crippen LogP contribution < -0.4 is 4.74 Å². The van der Waals surface area contributed by atoms with Crippen molar-refractivity contribution in [3.8, 4) is 5.75 Å². The number of carbonyl (C=O) groups excluding carboxylic acids is 1. The van der Waals surface area contributed by atoms with Gasteiger partial charge in [-0.1, -0.05) is 42.5 Å². The largest absolute Gasteiger partial charge is 0.466 e. The number of halogens is 1. The summed E-state index contributed by atoms with van der Waals surface area (Å²) in [5.41, 5.74) is 1.65. The molecule has 0 aliphatic rings. The van der Waals surface area contributed by atoms with Crippen molar-refractivity contribution in [2.75, 3.05) is 6.79 Å². The van der Waals surface area contributed by atoms with Gasteiger partial charge in [0.25, 0.3) is 0 Å². The number of hydrogen-bond acceptors (Lipinski definition) is 3. The van der Waals surface area contributed by atoms with Crippen molar-refractivity contribution in [3.63, 3.8) is 0 Å². The normalized spacial score (nSPS) is 10.2. The first-order valence-corrected chi connectivity index (χ1v) is 6.58. The molecule has 0 atom stereocenters. The lowest BCUT2D eigenvalue weighted by atomic mass is 10.2. The first kappa shape index (κ1) is 13.8. The van der Waals surface area contributed by atoms with Gasteiger partial charge in [-0.05, 0) is 27.6 Å². The molecule has 0 fully saturated rings. The topological polar surface area (TPSA) is 35.5 Å². The molecule has 0 aromatic heterocycles. The highest BCUT2D eigenvalue weighted by Gasteiger charge is 2.05. The van der Waals surface area contributed by atoms with Crippen LogP contribution in [0.2, 0.25) is 0 Å². The molecule has 19 heavy (non-hydrogen) atoms. The minimum absolute atomic E-state index is 0.135. The molecule has 0 heterocycles. The SMILES string of the molecule is O=Cc1cccc(OCOCc2ccccc2)c1Br. The average molecular weight is 321 g/mol. The van der Waals surface area contributed by atoms with E-state index in [-0.39, 0.29) is 6.79 Å². The molecule has 0 spiro atoms. The maximum Gasteiger partial charge on any atom is 0.189 e. The van der Waals surface area contributed by atoms with Crippen LogP contribution in [0.25, 0.3) is 0 Å². The first-order chi connectivity index (χ1) is 9.31. The van der Waals surface area contributed by atoms with Gasteiger partial charge in [0.15, 0.2) is 13.1 Å². The van der Waals surface area contributed by atoms with E-state index in [9.17, 15) is 4.79 Å². The quantitative estimate of drug-likeness (QED) is 0.461. The molecule has 4 heteroatoms. The van der Waals surface area contributed by atoms with Gasteiger partial charge < -0.3 is 9.47 Å². The summed E-state index contributed by atoms with van der Waals surface area (Å²) < 4.78 is 11.5. The summed E-state index contributed by atoms with van der Waals surface area (Å²) >= 11 is 3.33. The lowest BCUT2D eigenvalue weighted by Gasteiger charge is -2.09. The second-order valence-corrected chi connectivity index (χ2v) is 4.67. The molecule has 3 nitrogen and oxygen atoms in total. The molecular formula is C15H13BrO3. The number of rotatable bonds is 6. The third-order valence-electron chi connectivity index (χ3n) is 2.53. The number of benzene rings is 2. The molecule has 0 N–H and O–H groups in total. The molecule has 0 aliphatic carbocycles. The van der Waals surface area contributed by atoms with Crippen LogP contribution in [0.15, 0.2) is 53.0 Å². The molecule has 0 bridgehead atoms. The van der Waals surface area contributed by atoms with E-state index < -0.39 is 0 Å². The third kappa shape index (κ3) is 3.91. The van der Waals surface area contributed by atoms with E-state index in [0.717, 1.165) is 11.8 Å². The van der Waals surface area contributed by atoms with Gasteiger partial charge in [0.2, 0.25) is 0 Å². The number of carbonyl (C=O) groups is 1. The minimum Gasteiger partial charge on any atom is -0.466 e. The van der Waals surface area contributed by atoms with Crippen LogP contribution in [0.4, 0.5) is 0 Å². The van der Waals surface area contributed by atoms with Crippen LogP contribution in [0.1, 0.15) is 15.9 Å². The van der Waals surface area contributed by atoms with Crippen molar-refractivity contribution in [2.24, 2.45) is 0 Å². The summed E-state index contributed by atoms with van der Waals surface area (Å²) in [6.07, 6.45) is 0.780. The summed E-state index contributed by atoms with van der Waals surface area (Å²) in [4.78, 5) is 10.8. The molecule has 2 rings (SSSR count). The van der Waals surface area contributed by atoms with E-state index in [2.05, 4.69) is 15.9 Å². The Hall–Kier alpha value is -1.65. The average Bonchev–Trinajstić information content (AvgIpc) is 2.46. The van der Waals surface area contributed by atoms with Crippen LogP contribution in [-0.2, 0) is 11.3 Å². The Labute approximate surface area is 120 Å². The second-order valence-electron chi connectivity index (χ2n) is 3.87. The van der Waals surface area contributed by atoms with Crippen molar-refractivity contribution in [1.82, 2.24) is 0 Å². The molecular weight excluding hydrogens is 308 g/mol. The van der Waals surface area contributed by atoms with E-state index in [1.54, 1.807) is 18.2 Å². The fourth-order valence-electron chi connectivity index (χ4n) is 1.57. The highest BCUT2D eigenvalue weighted by molar-refractivity contribution is 9.10. The lowest BCUT2D eigenvalue weighted by Crippen LogP contribution is -2.03. The second kappa shape index (κ2) is 7.07. The molecule has 2 aromatic carbocycles. The molecule has 2 aromatic rings. The summed E-state index contributed by atoms with van der Waals surface area (Å²) in [5.74, 6) is 0.595. The van der Waals surface area contributed by atoms with Crippen LogP contribution in [0, 0.1) is 0 Å². The Bertz CT molecular complexity index is 540. The molecule has 0 radical (unpaired) electrons. The lowest BCUT2D eigenvalue weighted by molar-refractivity contribution is 0.00460. The molecule has 0 unspecified atom stereocenters. The summed E-state index contributed by atoms with van der Waals surface area (Å²) in [6, 6.07) is 15.1. The van der Waals surface area contributed by atoms with E-state index in [1.807, 2.05) is 30.3 Å².